The van der Waals surface area contributed by atoms with Gasteiger partial charge in [-0.3, -0.25) is 9.79 Å². The second-order valence-electron chi connectivity index (χ2n) is 1.85. The topological polar surface area (TPSA) is 41.5 Å². The number of hydrogen-bond acceptors (Lipinski definition) is 2. The highest BCUT2D eigenvalue weighted by molar-refractivity contribution is 6.67. The van der Waals surface area contributed by atoms with Crippen molar-refractivity contribution < 1.29 is 4.79 Å². The van der Waals surface area contributed by atoms with Crippen molar-refractivity contribution in [3.8, 4) is 0 Å². The van der Waals surface area contributed by atoms with Crippen LogP contribution in [0.1, 0.15) is 0 Å². The summed E-state index contributed by atoms with van der Waals surface area (Å²) < 4.78 is 0. The molecule has 1 rings (SSSR count). The van der Waals surface area contributed by atoms with Gasteiger partial charge in [0.25, 0.3) is 0 Å². The molecule has 1 aliphatic heterocycles. The fourth-order valence-corrected chi connectivity index (χ4v) is 0.917. The first-order chi connectivity index (χ1) is 4.84. The predicted octanol–water partition coefficient (Wildman–Crippen LogP) is 0.308. The van der Waals surface area contributed by atoms with E-state index in [9.17, 15) is 4.79 Å². The van der Waals surface area contributed by atoms with Gasteiger partial charge in [-0.2, -0.15) is 0 Å². The molecule has 0 aromatic rings. The summed E-state index contributed by atoms with van der Waals surface area (Å²) in [5.74, 6) is 0. The van der Waals surface area contributed by atoms with Crippen molar-refractivity contribution >= 4 is 23.2 Å². The van der Waals surface area contributed by atoms with Gasteiger partial charge in [0.2, 0.25) is 6.41 Å². The van der Waals surface area contributed by atoms with Gasteiger partial charge in [-0.25, -0.2) is 0 Å². The molecule has 1 aliphatic rings. The Bertz CT molecular complexity index is 188. The van der Waals surface area contributed by atoms with Gasteiger partial charge in [-0.1, -0.05) is 23.8 Å². The van der Waals surface area contributed by atoms with Crippen LogP contribution in [0.4, 0.5) is 0 Å². The molecule has 54 valence electrons. The summed E-state index contributed by atoms with van der Waals surface area (Å²) in [6.45, 7) is 0.607. The fraction of sp³-hybridized carbons (Fsp3) is 0.333. The van der Waals surface area contributed by atoms with Gasteiger partial charge >= 0.3 is 0 Å². The number of hydrogen-bond donors (Lipinski definition) is 1. The lowest BCUT2D eigenvalue weighted by Gasteiger charge is -2.11. The average molecular weight is 159 g/mol. The van der Waals surface area contributed by atoms with E-state index in [-0.39, 0.29) is 6.04 Å². The Labute approximate surface area is 63.8 Å². The Morgan fingerprint density at radius 2 is 2.70 bits per heavy atom. The van der Waals surface area contributed by atoms with Gasteiger partial charge in [-0.05, 0) is 0 Å². The summed E-state index contributed by atoms with van der Waals surface area (Å²) in [4.78, 5) is 13.9. The van der Waals surface area contributed by atoms with E-state index in [2.05, 4.69) is 10.3 Å². The summed E-state index contributed by atoms with van der Waals surface area (Å²) >= 11 is 5.64. The lowest BCUT2D eigenvalue weighted by molar-refractivity contribution is -0.109. The molecule has 0 aliphatic carbocycles. The van der Waals surface area contributed by atoms with Crippen LogP contribution in [0, 0.1) is 0 Å². The first kappa shape index (κ1) is 7.28. The van der Waals surface area contributed by atoms with Crippen molar-refractivity contribution in [2.75, 3.05) is 6.54 Å². The zero-order valence-corrected chi connectivity index (χ0v) is 6.01. The highest BCUT2D eigenvalue weighted by Crippen LogP contribution is 2.01. The number of rotatable bonds is 2. The van der Waals surface area contributed by atoms with Crippen LogP contribution in [-0.2, 0) is 4.79 Å². The summed E-state index contributed by atoms with van der Waals surface area (Å²) in [7, 11) is 0. The van der Waals surface area contributed by atoms with E-state index in [0.717, 1.165) is 0 Å². The summed E-state index contributed by atoms with van der Waals surface area (Å²) in [6.07, 6.45) is 4.27. The second-order valence-corrected chi connectivity index (χ2v) is 2.24. The van der Waals surface area contributed by atoms with E-state index >= 15 is 0 Å². The fourth-order valence-electron chi connectivity index (χ4n) is 0.712. The van der Waals surface area contributed by atoms with Crippen molar-refractivity contribution in [2.45, 2.75) is 6.04 Å². The van der Waals surface area contributed by atoms with Gasteiger partial charge in [0.1, 0.15) is 5.17 Å². The van der Waals surface area contributed by atoms with Crippen molar-refractivity contribution in [3.05, 3.63) is 12.2 Å². The van der Waals surface area contributed by atoms with E-state index in [1.807, 2.05) is 12.2 Å². The van der Waals surface area contributed by atoms with E-state index in [1.54, 1.807) is 0 Å². The Balaban J connectivity index is 2.56. The molecule has 1 unspecified atom stereocenters. The standard InChI is InChI=1S/C6H7ClN2O/c7-6-5(9-4-10)2-1-3-8-6/h1-2,4-5H,3H2,(H,9,10). The lowest BCUT2D eigenvalue weighted by Crippen LogP contribution is -2.32. The van der Waals surface area contributed by atoms with Crippen LogP contribution in [0.15, 0.2) is 17.1 Å². The smallest absolute Gasteiger partial charge is 0.207 e. The molecule has 10 heavy (non-hydrogen) atoms. The molecule has 0 fully saturated rings. The van der Waals surface area contributed by atoms with Crippen molar-refractivity contribution in [3.63, 3.8) is 0 Å². The summed E-state index contributed by atoms with van der Waals surface area (Å²) in [5, 5.41) is 2.94. The number of carbonyl (C=O) groups excluding carboxylic acids is 1. The molecule has 0 aromatic carbocycles. The molecule has 1 N–H and O–H groups in total. The average Bonchev–Trinajstić information content (AvgIpc) is 1.94. The first-order valence-corrected chi connectivity index (χ1v) is 3.28. The van der Waals surface area contributed by atoms with Crippen LogP contribution in [0.3, 0.4) is 0 Å². The molecule has 1 heterocycles. The monoisotopic (exact) mass is 158 g/mol. The number of carbonyl (C=O) groups is 1. The third kappa shape index (κ3) is 1.57. The maximum absolute atomic E-state index is 9.96. The van der Waals surface area contributed by atoms with Crippen LogP contribution in [-0.4, -0.2) is 24.2 Å². The van der Waals surface area contributed by atoms with E-state index < -0.39 is 0 Å². The van der Waals surface area contributed by atoms with E-state index in [1.165, 1.54) is 0 Å². The Kier molecular flexibility index (Phi) is 2.45. The molecular weight excluding hydrogens is 152 g/mol. The Morgan fingerprint density at radius 3 is 3.30 bits per heavy atom. The van der Waals surface area contributed by atoms with Crippen molar-refractivity contribution in [1.29, 1.82) is 0 Å². The maximum Gasteiger partial charge on any atom is 0.207 e. The number of halogens is 1. The van der Waals surface area contributed by atoms with Crippen LogP contribution < -0.4 is 5.32 Å². The maximum atomic E-state index is 9.96. The molecule has 4 heteroatoms. The highest BCUT2D eigenvalue weighted by Gasteiger charge is 2.10. The molecule has 0 radical (unpaired) electrons. The van der Waals surface area contributed by atoms with Crippen LogP contribution >= 0.6 is 11.6 Å². The first-order valence-electron chi connectivity index (χ1n) is 2.91. The lowest BCUT2D eigenvalue weighted by atomic mass is 10.2. The predicted molar refractivity (Wildman–Crippen MR) is 40.3 cm³/mol. The molecule has 0 saturated carbocycles. The van der Waals surface area contributed by atoms with Gasteiger partial charge in [0.05, 0.1) is 12.6 Å². The number of nitrogens with zero attached hydrogens (tertiary/aromatic N) is 1. The van der Waals surface area contributed by atoms with Crippen molar-refractivity contribution in [2.24, 2.45) is 4.99 Å². The second kappa shape index (κ2) is 3.37. The molecule has 0 aromatic heterocycles. The molecule has 3 nitrogen and oxygen atoms in total. The summed E-state index contributed by atoms with van der Waals surface area (Å²) in [5.41, 5.74) is 0. The minimum Gasteiger partial charge on any atom is -0.346 e. The largest absolute Gasteiger partial charge is 0.346 e. The van der Waals surface area contributed by atoms with E-state index in [4.69, 9.17) is 11.6 Å². The number of amides is 1. The van der Waals surface area contributed by atoms with Crippen molar-refractivity contribution in [1.82, 2.24) is 5.32 Å². The molecule has 1 amide bonds. The highest BCUT2D eigenvalue weighted by atomic mass is 35.5. The zero-order valence-electron chi connectivity index (χ0n) is 5.25. The number of dihydropyridines is 1. The number of nitrogens with one attached hydrogen (secondary N) is 1. The molecule has 1 atom stereocenters. The van der Waals surface area contributed by atoms with Gasteiger partial charge in [0, 0.05) is 0 Å². The quantitative estimate of drug-likeness (QED) is 0.456. The van der Waals surface area contributed by atoms with Gasteiger partial charge in [0.15, 0.2) is 0 Å². The third-order valence-electron chi connectivity index (χ3n) is 1.18. The third-order valence-corrected chi connectivity index (χ3v) is 1.54. The number of aliphatic imine (C=N–C) groups is 1. The minimum absolute atomic E-state index is 0.215. The molecule has 0 spiro atoms. The van der Waals surface area contributed by atoms with Gasteiger partial charge in [-0.15, -0.1) is 0 Å². The van der Waals surface area contributed by atoms with E-state index in [0.29, 0.717) is 18.1 Å². The minimum atomic E-state index is -0.215. The van der Waals surface area contributed by atoms with Crippen LogP contribution in [0.25, 0.3) is 0 Å². The normalized spacial score (nSPS) is 23.7. The zero-order chi connectivity index (χ0) is 7.40. The Hall–Kier alpha value is -0.830. The Morgan fingerprint density at radius 1 is 1.90 bits per heavy atom. The molecular formula is C6H7ClN2O. The SMILES string of the molecule is O=CNC1C=CCN=C1Cl. The molecule has 0 saturated heterocycles. The van der Waals surface area contributed by atoms with Gasteiger partial charge < -0.3 is 5.32 Å². The summed E-state index contributed by atoms with van der Waals surface area (Å²) in [6, 6.07) is -0.215. The van der Waals surface area contributed by atoms with Crippen LogP contribution in [0.2, 0.25) is 0 Å². The molecule has 0 bridgehead atoms. The van der Waals surface area contributed by atoms with Crippen LogP contribution in [0.5, 0.6) is 0 Å².